The maximum absolute atomic E-state index is 16.7. The number of carbonyl (C=O) groups is 1. The number of piperazine rings is 1. The van der Waals surface area contributed by atoms with E-state index < -0.39 is 12.3 Å². The van der Waals surface area contributed by atoms with Crippen molar-refractivity contribution in [3.05, 3.63) is 76.1 Å². The summed E-state index contributed by atoms with van der Waals surface area (Å²) in [4.78, 5) is 22.5. The summed E-state index contributed by atoms with van der Waals surface area (Å²) in [5, 5.41) is 17.3. The van der Waals surface area contributed by atoms with Crippen LogP contribution >= 0.6 is 0 Å². The van der Waals surface area contributed by atoms with Crippen molar-refractivity contribution in [3.8, 4) is 6.07 Å². The number of nitrogens with one attached hydrogen (secondary N) is 1. The summed E-state index contributed by atoms with van der Waals surface area (Å²) in [6.07, 6.45) is 2.21. The number of aldehydes is 1. The van der Waals surface area contributed by atoms with Crippen LogP contribution in [0.1, 0.15) is 65.2 Å². The van der Waals surface area contributed by atoms with Gasteiger partial charge in [-0.15, -0.1) is 0 Å². The number of halogens is 3. The van der Waals surface area contributed by atoms with Crippen LogP contribution in [0.25, 0.3) is 5.83 Å². The molecule has 0 saturated carbocycles. The third kappa shape index (κ3) is 8.30. The minimum atomic E-state index is -2.17. The lowest BCUT2D eigenvalue weighted by Gasteiger charge is -2.40. The van der Waals surface area contributed by atoms with Crippen LogP contribution in [0.3, 0.4) is 0 Å². The molecule has 0 spiro atoms. The van der Waals surface area contributed by atoms with Gasteiger partial charge in [-0.2, -0.15) is 10.4 Å². The largest absolute Gasteiger partial charge is 0.377 e. The van der Waals surface area contributed by atoms with E-state index in [-0.39, 0.29) is 6.04 Å². The molecule has 1 aromatic carbocycles. The summed E-state index contributed by atoms with van der Waals surface area (Å²) in [6, 6.07) is 9.41. The van der Waals surface area contributed by atoms with Gasteiger partial charge >= 0.3 is 0 Å². The number of hydrogen-bond acceptors (Lipinski definition) is 8. The zero-order valence-corrected chi connectivity index (χ0v) is 26.4. The Hall–Kier alpha value is -4.53. The summed E-state index contributed by atoms with van der Waals surface area (Å²) in [7, 11) is 3.63. The van der Waals surface area contributed by atoms with E-state index in [0.717, 1.165) is 35.8 Å². The first-order valence-corrected chi connectivity index (χ1v) is 14.5. The second kappa shape index (κ2) is 15.3. The number of aryl methyl sites for hydroxylation is 3. The molecule has 4 rings (SSSR count). The van der Waals surface area contributed by atoms with Gasteiger partial charge in [0.25, 0.3) is 0 Å². The van der Waals surface area contributed by atoms with E-state index in [1.165, 1.54) is 0 Å². The predicted octanol–water partition coefficient (Wildman–Crippen LogP) is 6.02. The first-order chi connectivity index (χ1) is 20.9. The normalized spacial score (nSPS) is 14.3. The Morgan fingerprint density at radius 2 is 1.82 bits per heavy atom. The molecule has 0 radical (unpaired) electrons. The van der Waals surface area contributed by atoms with Gasteiger partial charge in [-0.3, -0.25) is 14.5 Å². The minimum absolute atomic E-state index is 0.288. The number of nitrogens with zero attached hydrogens (tertiary/aromatic N) is 7. The van der Waals surface area contributed by atoms with Crippen LogP contribution in [0.15, 0.2) is 42.5 Å². The minimum Gasteiger partial charge on any atom is -0.377 e. The van der Waals surface area contributed by atoms with Gasteiger partial charge < -0.3 is 20.0 Å². The maximum Gasteiger partial charge on any atom is 0.235 e. The maximum atomic E-state index is 16.7. The fraction of sp³-hybridized carbons (Fsp3) is 0.438. The molecule has 12 heteroatoms. The van der Waals surface area contributed by atoms with Crippen molar-refractivity contribution < 1.29 is 18.0 Å². The van der Waals surface area contributed by atoms with Crippen LogP contribution in [0.5, 0.6) is 0 Å². The summed E-state index contributed by atoms with van der Waals surface area (Å²) in [6.45, 7) is 11.6. The summed E-state index contributed by atoms with van der Waals surface area (Å²) in [5.41, 5.74) is 5.10. The van der Waals surface area contributed by atoms with Gasteiger partial charge in [0.1, 0.15) is 11.9 Å². The molecular weight excluding hydrogens is 569 g/mol. The topological polar surface area (TPSA) is 93.3 Å². The van der Waals surface area contributed by atoms with Crippen molar-refractivity contribution in [3.63, 3.8) is 0 Å². The highest BCUT2D eigenvalue weighted by molar-refractivity contribution is 5.86. The average Bonchev–Trinajstić information content (AvgIpc) is 3.41. The zero-order chi connectivity index (χ0) is 32.6. The molecule has 44 heavy (non-hydrogen) atoms. The Bertz CT molecular complexity index is 1480. The number of aromatic nitrogens is 3. The molecule has 1 fully saturated rings. The zero-order valence-electron chi connectivity index (χ0n) is 26.4. The van der Waals surface area contributed by atoms with E-state index >= 15 is 4.39 Å². The molecular formula is C32H41F3N8O. The number of rotatable bonds is 9. The molecule has 1 atom stereocenters. The van der Waals surface area contributed by atoms with Crippen molar-refractivity contribution in [2.75, 3.05) is 50.5 Å². The standard InChI is InChI=1S/C30H37FN8O.C2H4F2/c1-7-39-18-27(26(16-32)35-39)37-10-12-38(13-11-37)30(36(5)6)29(31)28-23(19-40)14-20(2)15-25(28)22(4)34-24-9-8-21(3)33-17-24;1-2(3)4/h8-9,14-15,17-19,22,34H,7,10-13H2,1-6H3;2H,1H3/b30-29-;. The smallest absolute Gasteiger partial charge is 0.235 e. The van der Waals surface area contributed by atoms with Gasteiger partial charge in [0.05, 0.1) is 17.6 Å². The number of nitriles is 1. The number of pyridine rings is 1. The molecule has 3 aromatic rings. The molecule has 1 aliphatic rings. The molecule has 0 amide bonds. The third-order valence-corrected chi connectivity index (χ3v) is 7.16. The van der Waals surface area contributed by atoms with Crippen molar-refractivity contribution in [2.24, 2.45) is 0 Å². The highest BCUT2D eigenvalue weighted by atomic mass is 19.3. The van der Waals surface area contributed by atoms with Crippen molar-refractivity contribution >= 4 is 23.5 Å². The second-order valence-electron chi connectivity index (χ2n) is 10.8. The molecule has 1 aliphatic heterocycles. The number of carbonyl (C=O) groups excluding carboxylic acids is 1. The van der Waals surface area contributed by atoms with Crippen LogP contribution in [0.4, 0.5) is 24.5 Å². The third-order valence-electron chi connectivity index (χ3n) is 7.16. The quantitative estimate of drug-likeness (QED) is 0.294. The molecule has 1 saturated heterocycles. The Labute approximate surface area is 257 Å². The summed E-state index contributed by atoms with van der Waals surface area (Å²) in [5.74, 6) is -0.0236. The average molecular weight is 611 g/mol. The van der Waals surface area contributed by atoms with Gasteiger partial charge in [0.15, 0.2) is 17.8 Å². The van der Waals surface area contributed by atoms with E-state index in [2.05, 4.69) is 26.4 Å². The Morgan fingerprint density at radius 1 is 1.16 bits per heavy atom. The fourth-order valence-corrected chi connectivity index (χ4v) is 5.18. The highest BCUT2D eigenvalue weighted by Gasteiger charge is 2.29. The van der Waals surface area contributed by atoms with E-state index in [0.29, 0.717) is 60.9 Å². The van der Waals surface area contributed by atoms with E-state index in [4.69, 9.17) is 0 Å². The van der Waals surface area contributed by atoms with Gasteiger partial charge in [-0.25, -0.2) is 13.2 Å². The Morgan fingerprint density at radius 3 is 2.34 bits per heavy atom. The van der Waals surface area contributed by atoms with Crippen LogP contribution in [-0.4, -0.2) is 77.6 Å². The lowest BCUT2D eigenvalue weighted by molar-refractivity contribution is 0.112. The van der Waals surface area contributed by atoms with E-state index in [1.807, 2.05) is 71.1 Å². The van der Waals surface area contributed by atoms with E-state index in [9.17, 15) is 18.8 Å². The Balaban J connectivity index is 0.00000124. The van der Waals surface area contributed by atoms with Gasteiger partial charge in [0, 0.05) is 75.9 Å². The number of hydrogen-bond donors (Lipinski definition) is 1. The van der Waals surface area contributed by atoms with Crippen LogP contribution < -0.4 is 10.2 Å². The van der Waals surface area contributed by atoms with Crippen molar-refractivity contribution in [1.29, 1.82) is 5.26 Å². The first-order valence-electron chi connectivity index (χ1n) is 14.5. The summed E-state index contributed by atoms with van der Waals surface area (Å²) >= 11 is 0. The molecule has 3 heterocycles. The molecule has 2 aromatic heterocycles. The highest BCUT2D eigenvalue weighted by Crippen LogP contribution is 2.35. The molecule has 0 bridgehead atoms. The molecule has 9 nitrogen and oxygen atoms in total. The van der Waals surface area contributed by atoms with Gasteiger partial charge in [-0.1, -0.05) is 11.6 Å². The van der Waals surface area contributed by atoms with Crippen LogP contribution in [0.2, 0.25) is 0 Å². The number of anilines is 2. The van der Waals surface area contributed by atoms with Crippen LogP contribution in [-0.2, 0) is 6.54 Å². The molecule has 1 unspecified atom stereocenters. The molecule has 236 valence electrons. The SMILES string of the molecule is CC(F)F.CCn1cc(N2CCN(/C(=C(\F)c3c(C=O)cc(C)cc3C(C)Nc3ccc(C)nc3)N(C)C)CC2)c(C#N)n1. The van der Waals surface area contributed by atoms with Crippen LogP contribution in [0, 0.1) is 25.2 Å². The number of benzene rings is 1. The lowest BCUT2D eigenvalue weighted by atomic mass is 9.93. The van der Waals surface area contributed by atoms with Crippen molar-refractivity contribution in [1.82, 2.24) is 24.6 Å². The lowest BCUT2D eigenvalue weighted by Crippen LogP contribution is -2.48. The Kier molecular flexibility index (Phi) is 11.8. The van der Waals surface area contributed by atoms with Crippen molar-refractivity contribution in [2.45, 2.75) is 53.6 Å². The predicted molar refractivity (Wildman–Crippen MR) is 167 cm³/mol. The van der Waals surface area contributed by atoms with E-state index in [1.54, 1.807) is 21.8 Å². The first kappa shape index (κ1) is 34.0. The molecule has 0 aliphatic carbocycles. The second-order valence-corrected chi connectivity index (χ2v) is 10.8. The monoisotopic (exact) mass is 610 g/mol. The summed E-state index contributed by atoms with van der Waals surface area (Å²) < 4.78 is 39.2. The fourth-order valence-electron chi connectivity index (χ4n) is 5.18. The number of alkyl halides is 2. The van der Waals surface area contributed by atoms with Gasteiger partial charge in [0.2, 0.25) is 6.43 Å². The van der Waals surface area contributed by atoms with Gasteiger partial charge in [-0.05, 0) is 58.4 Å². The molecule has 1 N–H and O–H groups in total.